The fourth-order valence-corrected chi connectivity index (χ4v) is 5.08. The molecular formula is C17H17N5O5S. The van der Waals surface area contributed by atoms with Crippen molar-refractivity contribution in [3.05, 3.63) is 58.5 Å². The second-order valence-electron chi connectivity index (χ2n) is 6.57. The predicted molar refractivity (Wildman–Crippen MR) is 99.8 cm³/mol. The number of ether oxygens (including phenoxy) is 1. The Morgan fingerprint density at radius 3 is 2.71 bits per heavy atom. The van der Waals surface area contributed by atoms with Gasteiger partial charge in [-0.2, -0.15) is 4.31 Å². The first-order chi connectivity index (χ1) is 13.3. The molecule has 1 aromatic heterocycles. The summed E-state index contributed by atoms with van der Waals surface area (Å²) in [6, 6.07) is 4.34. The van der Waals surface area contributed by atoms with Gasteiger partial charge in [-0.15, -0.1) is 0 Å². The number of nitro groups is 1. The minimum atomic E-state index is -3.99. The average Bonchev–Trinajstić information content (AvgIpc) is 3.01. The highest BCUT2D eigenvalue weighted by atomic mass is 32.2. The largest absolute Gasteiger partial charge is 0.368 e. The summed E-state index contributed by atoms with van der Waals surface area (Å²) in [4.78, 5) is 18.7. The molecule has 3 heterocycles. The zero-order valence-electron chi connectivity index (χ0n) is 14.9. The number of benzene rings is 1. The molecule has 1 saturated heterocycles. The second-order valence-corrected chi connectivity index (χ2v) is 8.41. The maximum absolute atomic E-state index is 13.4. The van der Waals surface area contributed by atoms with Crippen molar-refractivity contribution >= 4 is 27.1 Å². The van der Waals surface area contributed by atoms with Gasteiger partial charge in [0.2, 0.25) is 10.0 Å². The van der Waals surface area contributed by atoms with Gasteiger partial charge in [0.1, 0.15) is 12.1 Å². The van der Waals surface area contributed by atoms with Crippen LogP contribution in [-0.4, -0.2) is 46.8 Å². The SMILES string of the molecule is C=C(C)c1ncnc2c1[C@@H]1OC[C@H](CN2)N1S(=O)(=O)c1ccc([N+](=O)[O-])cc1. The summed E-state index contributed by atoms with van der Waals surface area (Å²) in [5.41, 5.74) is 1.51. The topological polar surface area (TPSA) is 128 Å². The minimum absolute atomic E-state index is 0.0456. The van der Waals surface area contributed by atoms with Gasteiger partial charge in [0.05, 0.1) is 33.7 Å². The maximum atomic E-state index is 13.4. The van der Waals surface area contributed by atoms with Gasteiger partial charge < -0.3 is 10.1 Å². The third kappa shape index (κ3) is 2.84. The summed E-state index contributed by atoms with van der Waals surface area (Å²) in [5.74, 6) is 0.504. The average molecular weight is 403 g/mol. The smallest absolute Gasteiger partial charge is 0.269 e. The van der Waals surface area contributed by atoms with Crippen LogP contribution in [0, 0.1) is 10.1 Å². The van der Waals surface area contributed by atoms with Crippen LogP contribution >= 0.6 is 0 Å². The Morgan fingerprint density at radius 2 is 2.07 bits per heavy atom. The molecule has 28 heavy (non-hydrogen) atoms. The lowest BCUT2D eigenvalue weighted by Crippen LogP contribution is -2.40. The van der Waals surface area contributed by atoms with Crippen molar-refractivity contribution < 1.29 is 18.1 Å². The number of allylic oxidation sites excluding steroid dienone is 1. The molecule has 2 atom stereocenters. The number of aromatic nitrogens is 2. The highest BCUT2D eigenvalue weighted by Crippen LogP contribution is 2.42. The second kappa shape index (κ2) is 6.62. The van der Waals surface area contributed by atoms with E-state index in [0.29, 0.717) is 29.2 Å². The quantitative estimate of drug-likeness (QED) is 0.606. The van der Waals surface area contributed by atoms with E-state index in [-0.39, 0.29) is 17.2 Å². The Balaban J connectivity index is 1.82. The molecule has 2 aliphatic heterocycles. The lowest BCUT2D eigenvalue weighted by Gasteiger charge is -2.25. The Labute approximate surface area is 161 Å². The summed E-state index contributed by atoms with van der Waals surface area (Å²) >= 11 is 0. The number of rotatable bonds is 4. The van der Waals surface area contributed by atoms with Crippen LogP contribution in [0.2, 0.25) is 0 Å². The van der Waals surface area contributed by atoms with Gasteiger partial charge in [0, 0.05) is 18.7 Å². The summed E-state index contributed by atoms with van der Waals surface area (Å²) < 4.78 is 33.8. The normalized spacial score (nSPS) is 21.5. The minimum Gasteiger partial charge on any atom is -0.368 e. The molecule has 0 unspecified atom stereocenters. The molecule has 11 heteroatoms. The van der Waals surface area contributed by atoms with Crippen LogP contribution in [-0.2, 0) is 14.8 Å². The van der Waals surface area contributed by atoms with Gasteiger partial charge in [0.15, 0.2) is 6.23 Å². The monoisotopic (exact) mass is 403 g/mol. The Kier molecular flexibility index (Phi) is 4.37. The number of nitro benzene ring substituents is 1. The zero-order valence-corrected chi connectivity index (χ0v) is 15.7. The standard InChI is InChI=1S/C17H17N5O5S/c1-10(2)15-14-16(20-9-19-15)18-7-12-8-27-17(14)21(12)28(25,26)13-5-3-11(4-6-13)22(23)24/h3-6,9,12,17H,1,7-8H2,2H3,(H,18,19,20)/t12-,17-/m0/s1. The van der Waals surface area contributed by atoms with Crippen LogP contribution < -0.4 is 5.32 Å². The number of anilines is 1. The number of nitrogens with one attached hydrogen (secondary N) is 1. The van der Waals surface area contributed by atoms with Crippen molar-refractivity contribution in [1.29, 1.82) is 0 Å². The van der Waals surface area contributed by atoms with E-state index in [4.69, 9.17) is 4.74 Å². The highest BCUT2D eigenvalue weighted by Gasteiger charge is 2.48. The molecule has 0 radical (unpaired) electrons. The number of hydrogen-bond acceptors (Lipinski definition) is 8. The van der Waals surface area contributed by atoms with E-state index in [9.17, 15) is 18.5 Å². The van der Waals surface area contributed by atoms with Gasteiger partial charge in [-0.25, -0.2) is 18.4 Å². The molecule has 4 rings (SSSR count). The predicted octanol–water partition coefficient (Wildman–Crippen LogP) is 1.93. The van der Waals surface area contributed by atoms with E-state index in [1.54, 1.807) is 6.92 Å². The molecule has 10 nitrogen and oxygen atoms in total. The van der Waals surface area contributed by atoms with Crippen molar-refractivity contribution in [2.24, 2.45) is 0 Å². The molecule has 2 aromatic rings. The molecule has 1 fully saturated rings. The highest BCUT2D eigenvalue weighted by molar-refractivity contribution is 7.89. The number of non-ortho nitro benzene ring substituents is 1. The van der Waals surface area contributed by atoms with Gasteiger partial charge in [-0.3, -0.25) is 10.1 Å². The molecule has 2 aliphatic rings. The first-order valence-electron chi connectivity index (χ1n) is 8.45. The third-order valence-electron chi connectivity index (χ3n) is 4.70. The van der Waals surface area contributed by atoms with E-state index in [1.807, 2.05) is 0 Å². The van der Waals surface area contributed by atoms with Crippen LogP contribution in [0.4, 0.5) is 11.5 Å². The van der Waals surface area contributed by atoms with Crippen LogP contribution in [0.15, 0.2) is 42.1 Å². The van der Waals surface area contributed by atoms with E-state index in [2.05, 4.69) is 21.9 Å². The van der Waals surface area contributed by atoms with Crippen molar-refractivity contribution in [3.8, 4) is 0 Å². The van der Waals surface area contributed by atoms with Crippen molar-refractivity contribution in [3.63, 3.8) is 0 Å². The van der Waals surface area contributed by atoms with E-state index in [0.717, 1.165) is 0 Å². The molecule has 0 spiro atoms. The lowest BCUT2D eigenvalue weighted by atomic mass is 10.1. The van der Waals surface area contributed by atoms with E-state index >= 15 is 0 Å². The first kappa shape index (κ1) is 18.5. The number of sulfonamides is 1. The molecule has 1 aromatic carbocycles. The zero-order chi connectivity index (χ0) is 20.1. The Morgan fingerprint density at radius 1 is 1.36 bits per heavy atom. The summed E-state index contributed by atoms with van der Waals surface area (Å²) in [5, 5.41) is 14.0. The molecular weight excluding hydrogens is 386 g/mol. The summed E-state index contributed by atoms with van der Waals surface area (Å²) in [7, 11) is -3.99. The van der Waals surface area contributed by atoms with Crippen LogP contribution in [0.1, 0.15) is 24.4 Å². The van der Waals surface area contributed by atoms with E-state index in [1.165, 1.54) is 34.9 Å². The Hall–Kier alpha value is -2.89. The molecule has 0 aliphatic carbocycles. The van der Waals surface area contributed by atoms with Crippen LogP contribution in [0.5, 0.6) is 0 Å². The van der Waals surface area contributed by atoms with E-state index < -0.39 is 27.2 Å². The van der Waals surface area contributed by atoms with Crippen molar-refractivity contribution in [1.82, 2.24) is 14.3 Å². The van der Waals surface area contributed by atoms with Gasteiger partial charge in [0.25, 0.3) is 5.69 Å². The molecule has 2 bridgehead atoms. The van der Waals surface area contributed by atoms with Crippen LogP contribution in [0.3, 0.4) is 0 Å². The Bertz CT molecular complexity index is 1070. The molecule has 0 amide bonds. The molecule has 146 valence electrons. The third-order valence-corrected chi connectivity index (χ3v) is 6.61. The number of fused-ring (bicyclic) bond motifs is 4. The first-order valence-corrected chi connectivity index (χ1v) is 9.89. The van der Waals surface area contributed by atoms with Gasteiger partial charge in [-0.05, 0) is 24.6 Å². The van der Waals surface area contributed by atoms with Crippen LogP contribution in [0.25, 0.3) is 5.57 Å². The maximum Gasteiger partial charge on any atom is 0.269 e. The van der Waals surface area contributed by atoms with Crippen molar-refractivity contribution in [2.45, 2.75) is 24.1 Å². The fraction of sp³-hybridized carbons (Fsp3) is 0.294. The molecule has 1 N–H and O–H groups in total. The lowest BCUT2D eigenvalue weighted by molar-refractivity contribution is -0.384. The van der Waals surface area contributed by atoms with Crippen molar-refractivity contribution in [2.75, 3.05) is 18.5 Å². The summed E-state index contributed by atoms with van der Waals surface area (Å²) in [6.45, 7) is 6.20. The number of hydrogen-bond donors (Lipinski definition) is 1. The van der Waals surface area contributed by atoms with Gasteiger partial charge in [-0.1, -0.05) is 6.58 Å². The summed E-state index contributed by atoms with van der Waals surface area (Å²) in [6.07, 6.45) is 0.479. The van der Waals surface area contributed by atoms with Gasteiger partial charge >= 0.3 is 0 Å². The fourth-order valence-electron chi connectivity index (χ4n) is 3.41. The molecule has 0 saturated carbocycles. The number of nitrogens with zero attached hydrogens (tertiary/aromatic N) is 4.